The number of nitrogens with one attached hydrogen (secondary N) is 1. The summed E-state index contributed by atoms with van der Waals surface area (Å²) in [6, 6.07) is -1.31. The van der Waals surface area contributed by atoms with Crippen LogP contribution in [0.25, 0.3) is 0 Å². The van der Waals surface area contributed by atoms with Gasteiger partial charge in [-0.05, 0) is 6.92 Å². The van der Waals surface area contributed by atoms with Crippen LogP contribution in [0.2, 0.25) is 0 Å². The molecule has 1 heterocycles. The molecule has 3 amide bonds. The third-order valence-corrected chi connectivity index (χ3v) is 3.05. The number of likely N-dealkylation sites (N-methyl/N-ethyl adjacent to an activating group) is 1. The Labute approximate surface area is 117 Å². The number of amides is 3. The zero-order chi connectivity index (χ0) is 15.1. The molecule has 1 aliphatic rings. The minimum absolute atomic E-state index is 0.307. The number of hydrogen-bond acceptors (Lipinski definition) is 4. The molecule has 0 aromatic rings. The fraction of sp³-hybridized carbons (Fsp3) is 0.750. The van der Waals surface area contributed by atoms with Crippen molar-refractivity contribution >= 4 is 17.9 Å². The second kappa shape index (κ2) is 7.68. The number of nitrogens with zero attached hydrogens (tertiary/aromatic N) is 2. The number of carboxylic acid groups (broad SMARTS) is 1. The van der Waals surface area contributed by atoms with Gasteiger partial charge in [-0.1, -0.05) is 0 Å². The molecule has 1 atom stereocenters. The molecule has 8 nitrogen and oxygen atoms in total. The van der Waals surface area contributed by atoms with Gasteiger partial charge in [0.15, 0.2) is 0 Å². The van der Waals surface area contributed by atoms with Crippen LogP contribution in [0.4, 0.5) is 4.79 Å². The summed E-state index contributed by atoms with van der Waals surface area (Å²) in [5.41, 5.74) is 0. The smallest absolute Gasteiger partial charge is 0.320 e. The number of piperazine rings is 1. The van der Waals surface area contributed by atoms with Gasteiger partial charge in [0.2, 0.25) is 5.91 Å². The highest BCUT2D eigenvalue weighted by molar-refractivity contribution is 5.91. The van der Waals surface area contributed by atoms with E-state index in [2.05, 4.69) is 5.32 Å². The van der Waals surface area contributed by atoms with Crippen molar-refractivity contribution in [1.82, 2.24) is 15.1 Å². The number of carbonyl (C=O) groups excluding carboxylic acids is 2. The molecular formula is C12H21N3O5. The molecule has 1 fully saturated rings. The summed E-state index contributed by atoms with van der Waals surface area (Å²) in [6.07, 6.45) is -0.392. The van der Waals surface area contributed by atoms with Crippen LogP contribution in [0.1, 0.15) is 13.3 Å². The lowest BCUT2D eigenvalue weighted by Crippen LogP contribution is -2.60. The van der Waals surface area contributed by atoms with Crippen LogP contribution in [0.15, 0.2) is 0 Å². The third kappa shape index (κ3) is 4.37. The first-order chi connectivity index (χ1) is 9.47. The van der Waals surface area contributed by atoms with Crippen molar-refractivity contribution in [2.75, 3.05) is 39.9 Å². The van der Waals surface area contributed by atoms with E-state index in [-0.39, 0.29) is 6.03 Å². The maximum atomic E-state index is 12.3. The van der Waals surface area contributed by atoms with Gasteiger partial charge < -0.3 is 25.0 Å². The summed E-state index contributed by atoms with van der Waals surface area (Å²) < 4.78 is 5.17. The van der Waals surface area contributed by atoms with E-state index in [1.807, 2.05) is 6.92 Å². The minimum atomic E-state index is -1.11. The predicted molar refractivity (Wildman–Crippen MR) is 70.3 cm³/mol. The van der Waals surface area contributed by atoms with Crippen molar-refractivity contribution < 1.29 is 24.2 Å². The largest absolute Gasteiger partial charge is 0.481 e. The van der Waals surface area contributed by atoms with Crippen LogP contribution in [0.5, 0.6) is 0 Å². The Kier molecular flexibility index (Phi) is 6.23. The van der Waals surface area contributed by atoms with Crippen LogP contribution in [-0.4, -0.2) is 78.8 Å². The van der Waals surface area contributed by atoms with Gasteiger partial charge in [0, 0.05) is 33.3 Å². The van der Waals surface area contributed by atoms with Crippen LogP contribution < -0.4 is 5.32 Å². The molecule has 1 saturated heterocycles. The molecule has 1 rings (SSSR count). The van der Waals surface area contributed by atoms with E-state index in [9.17, 15) is 14.4 Å². The van der Waals surface area contributed by atoms with Crippen molar-refractivity contribution in [2.24, 2.45) is 0 Å². The molecule has 0 bridgehead atoms. The molecule has 0 aromatic heterocycles. The monoisotopic (exact) mass is 287 g/mol. The molecule has 20 heavy (non-hydrogen) atoms. The van der Waals surface area contributed by atoms with Crippen molar-refractivity contribution in [1.29, 1.82) is 0 Å². The Bertz CT molecular complexity index is 374. The van der Waals surface area contributed by atoms with Crippen molar-refractivity contribution in [2.45, 2.75) is 19.4 Å². The van der Waals surface area contributed by atoms with Crippen LogP contribution in [0, 0.1) is 0 Å². The minimum Gasteiger partial charge on any atom is -0.481 e. The highest BCUT2D eigenvalue weighted by Crippen LogP contribution is 2.11. The molecule has 0 aliphatic carbocycles. The number of urea groups is 1. The lowest BCUT2D eigenvalue weighted by molar-refractivity contribution is -0.142. The summed E-state index contributed by atoms with van der Waals surface area (Å²) in [6.45, 7) is 3.86. The molecule has 2 N–H and O–H groups in total. The first-order valence-corrected chi connectivity index (χ1v) is 6.56. The first kappa shape index (κ1) is 16.2. The van der Waals surface area contributed by atoms with Crippen molar-refractivity contribution in [3.8, 4) is 0 Å². The Balaban J connectivity index is 2.66. The summed E-state index contributed by atoms with van der Waals surface area (Å²) >= 11 is 0. The number of rotatable bonds is 6. The van der Waals surface area contributed by atoms with E-state index in [4.69, 9.17) is 9.84 Å². The second-order valence-corrected chi connectivity index (χ2v) is 4.50. The number of carbonyl (C=O) groups is 3. The van der Waals surface area contributed by atoms with Crippen molar-refractivity contribution in [3.63, 3.8) is 0 Å². The molecule has 1 aliphatic heterocycles. The molecule has 0 aromatic carbocycles. The van der Waals surface area contributed by atoms with Gasteiger partial charge in [-0.2, -0.15) is 0 Å². The zero-order valence-electron chi connectivity index (χ0n) is 11.8. The van der Waals surface area contributed by atoms with E-state index in [1.54, 1.807) is 7.05 Å². The maximum Gasteiger partial charge on any atom is 0.320 e. The van der Waals surface area contributed by atoms with Gasteiger partial charge in [-0.3, -0.25) is 9.59 Å². The molecule has 0 saturated carbocycles. The van der Waals surface area contributed by atoms with Crippen LogP contribution in [0.3, 0.4) is 0 Å². The normalized spacial score (nSPS) is 18.6. The molecule has 0 spiro atoms. The van der Waals surface area contributed by atoms with Gasteiger partial charge in [-0.15, -0.1) is 0 Å². The van der Waals surface area contributed by atoms with E-state index in [0.29, 0.717) is 32.8 Å². The zero-order valence-corrected chi connectivity index (χ0v) is 11.8. The fourth-order valence-corrected chi connectivity index (χ4v) is 1.97. The second-order valence-electron chi connectivity index (χ2n) is 4.50. The van der Waals surface area contributed by atoms with Crippen LogP contribution >= 0.6 is 0 Å². The summed E-state index contributed by atoms with van der Waals surface area (Å²) in [5.74, 6) is -1.54. The lowest BCUT2D eigenvalue weighted by Gasteiger charge is -2.36. The predicted octanol–water partition coefficient (Wildman–Crippen LogP) is -0.650. The lowest BCUT2D eigenvalue weighted by atomic mass is 10.1. The van der Waals surface area contributed by atoms with E-state index >= 15 is 0 Å². The first-order valence-electron chi connectivity index (χ1n) is 6.56. The fourth-order valence-electron chi connectivity index (χ4n) is 1.97. The summed E-state index contributed by atoms with van der Waals surface area (Å²) in [5, 5.41) is 11.4. The number of aliphatic carboxylic acids is 1. The van der Waals surface area contributed by atoms with Gasteiger partial charge in [0.05, 0.1) is 13.0 Å². The topological polar surface area (TPSA) is 99.2 Å². The average molecular weight is 287 g/mol. The van der Waals surface area contributed by atoms with Crippen LogP contribution in [-0.2, 0) is 14.3 Å². The van der Waals surface area contributed by atoms with E-state index < -0.39 is 24.3 Å². The number of ether oxygens (including phenoxy) is 1. The Morgan fingerprint density at radius 1 is 1.55 bits per heavy atom. The van der Waals surface area contributed by atoms with Gasteiger partial charge in [0.1, 0.15) is 6.04 Å². The molecule has 8 heteroatoms. The Morgan fingerprint density at radius 2 is 2.25 bits per heavy atom. The van der Waals surface area contributed by atoms with E-state index in [0.717, 1.165) is 0 Å². The number of hydrogen-bond donors (Lipinski definition) is 2. The van der Waals surface area contributed by atoms with E-state index in [1.165, 1.54) is 9.80 Å². The third-order valence-electron chi connectivity index (χ3n) is 3.05. The van der Waals surface area contributed by atoms with Gasteiger partial charge in [-0.25, -0.2) is 4.79 Å². The average Bonchev–Trinajstić information content (AvgIpc) is 2.40. The SMILES string of the molecule is CCOCCN(C)C(=O)N1CCNC(=O)C1CC(=O)O. The Morgan fingerprint density at radius 3 is 2.85 bits per heavy atom. The maximum absolute atomic E-state index is 12.3. The molecule has 0 radical (unpaired) electrons. The summed E-state index contributed by atoms with van der Waals surface area (Å²) in [4.78, 5) is 37.5. The summed E-state index contributed by atoms with van der Waals surface area (Å²) in [7, 11) is 1.60. The van der Waals surface area contributed by atoms with Gasteiger partial charge in [0.25, 0.3) is 0 Å². The van der Waals surface area contributed by atoms with Crippen molar-refractivity contribution in [3.05, 3.63) is 0 Å². The quantitative estimate of drug-likeness (QED) is 0.632. The Hall–Kier alpha value is -1.83. The molecule has 1 unspecified atom stereocenters. The highest BCUT2D eigenvalue weighted by Gasteiger charge is 2.35. The number of carboxylic acids is 1. The van der Waals surface area contributed by atoms with Gasteiger partial charge >= 0.3 is 12.0 Å². The molecular weight excluding hydrogens is 266 g/mol. The highest BCUT2D eigenvalue weighted by atomic mass is 16.5. The molecule has 114 valence electrons. The standard InChI is InChI=1S/C12H21N3O5/c1-3-20-7-6-14(2)12(19)15-5-4-13-11(18)9(15)8-10(16)17/h9H,3-8H2,1-2H3,(H,13,18)(H,16,17).